The molecular formula is C17H26BNO4S. The van der Waals surface area contributed by atoms with Crippen molar-refractivity contribution in [1.29, 1.82) is 0 Å². The molecule has 0 aromatic heterocycles. The highest BCUT2D eigenvalue weighted by molar-refractivity contribution is 7.98. The molecule has 0 saturated carbocycles. The third-order valence-corrected chi connectivity index (χ3v) is 5.52. The second-order valence-electron chi connectivity index (χ2n) is 7.26. The fraction of sp³-hybridized carbons (Fsp3) is 0.588. The maximum Gasteiger partial charge on any atom is 0.495 e. The lowest BCUT2D eigenvalue weighted by molar-refractivity contribution is 0.00578. The number of thioether (sulfide) groups is 1. The maximum atomic E-state index is 11.5. The fourth-order valence-electron chi connectivity index (χ4n) is 2.64. The smallest absolute Gasteiger partial charge is 0.465 e. The van der Waals surface area contributed by atoms with E-state index in [4.69, 9.17) is 9.31 Å². The summed E-state index contributed by atoms with van der Waals surface area (Å²) >= 11 is 1.56. The number of benzene rings is 1. The van der Waals surface area contributed by atoms with Crippen LogP contribution in [0.2, 0.25) is 0 Å². The Labute approximate surface area is 148 Å². The van der Waals surface area contributed by atoms with Gasteiger partial charge in [0.15, 0.2) is 0 Å². The van der Waals surface area contributed by atoms with E-state index in [1.807, 2.05) is 66.0 Å². The highest BCUT2D eigenvalue weighted by Crippen LogP contribution is 2.37. The van der Waals surface area contributed by atoms with Crippen molar-refractivity contribution >= 4 is 36.1 Å². The number of amides is 1. The zero-order valence-corrected chi connectivity index (χ0v) is 16.2. The van der Waals surface area contributed by atoms with E-state index < -0.39 is 24.4 Å². The van der Waals surface area contributed by atoms with E-state index in [2.05, 4.69) is 0 Å². The highest BCUT2D eigenvalue weighted by Gasteiger charge is 2.52. The lowest BCUT2D eigenvalue weighted by Crippen LogP contribution is -2.41. The molecule has 0 unspecified atom stereocenters. The number of carbonyl (C=O) groups is 1. The molecule has 1 saturated heterocycles. The Morgan fingerprint density at radius 1 is 1.21 bits per heavy atom. The fourth-order valence-corrected chi connectivity index (χ4v) is 3.28. The summed E-state index contributed by atoms with van der Waals surface area (Å²) in [4.78, 5) is 13.8. The molecule has 1 aliphatic rings. The van der Waals surface area contributed by atoms with Crippen LogP contribution in [0, 0.1) is 0 Å². The van der Waals surface area contributed by atoms with Crippen LogP contribution in [-0.4, -0.2) is 41.8 Å². The summed E-state index contributed by atoms with van der Waals surface area (Å²) in [7, 11) is -0.455. The summed E-state index contributed by atoms with van der Waals surface area (Å²) in [5, 5.41) is 9.45. The van der Waals surface area contributed by atoms with E-state index in [1.54, 1.807) is 11.8 Å². The topological polar surface area (TPSA) is 59.0 Å². The monoisotopic (exact) mass is 351 g/mol. The third-order valence-electron chi connectivity index (χ3n) is 4.72. The zero-order chi connectivity index (χ0) is 18.3. The van der Waals surface area contributed by atoms with Gasteiger partial charge in [0, 0.05) is 16.6 Å². The maximum absolute atomic E-state index is 11.5. The van der Waals surface area contributed by atoms with E-state index >= 15 is 0 Å². The molecule has 24 heavy (non-hydrogen) atoms. The van der Waals surface area contributed by atoms with Gasteiger partial charge in [-0.15, -0.1) is 11.8 Å². The molecule has 0 atom stereocenters. The molecule has 1 aliphatic heterocycles. The molecule has 1 fully saturated rings. The third kappa shape index (κ3) is 3.43. The molecule has 0 radical (unpaired) electrons. The zero-order valence-electron chi connectivity index (χ0n) is 15.4. The first-order valence-corrected chi connectivity index (χ1v) is 9.28. The first-order valence-electron chi connectivity index (χ1n) is 8.06. The van der Waals surface area contributed by atoms with Crippen molar-refractivity contribution in [2.24, 2.45) is 0 Å². The summed E-state index contributed by atoms with van der Waals surface area (Å²) in [5.41, 5.74) is 0.773. The Kier molecular flexibility index (Phi) is 5.28. The Morgan fingerprint density at radius 2 is 1.75 bits per heavy atom. The summed E-state index contributed by atoms with van der Waals surface area (Å²) in [6, 6.07) is 5.47. The summed E-state index contributed by atoms with van der Waals surface area (Å²) < 4.78 is 12.2. The van der Waals surface area contributed by atoms with Gasteiger partial charge in [0.05, 0.1) is 11.2 Å². The Balaban J connectivity index is 2.39. The van der Waals surface area contributed by atoms with E-state index in [9.17, 15) is 9.90 Å². The lowest BCUT2D eigenvalue weighted by Gasteiger charge is -2.32. The number of carboxylic acid groups (broad SMARTS) is 1. The number of anilines is 1. The van der Waals surface area contributed by atoms with Crippen LogP contribution in [0.1, 0.15) is 41.5 Å². The van der Waals surface area contributed by atoms with E-state index in [-0.39, 0.29) is 6.04 Å². The van der Waals surface area contributed by atoms with Gasteiger partial charge in [0.25, 0.3) is 0 Å². The molecule has 0 spiro atoms. The number of rotatable bonds is 4. The van der Waals surface area contributed by atoms with Crippen molar-refractivity contribution in [2.75, 3.05) is 11.2 Å². The normalized spacial score (nSPS) is 18.9. The molecule has 1 aromatic rings. The van der Waals surface area contributed by atoms with Gasteiger partial charge in [0.2, 0.25) is 0 Å². The average molecular weight is 351 g/mol. The van der Waals surface area contributed by atoms with Crippen molar-refractivity contribution in [3.05, 3.63) is 18.2 Å². The average Bonchev–Trinajstić information content (AvgIpc) is 2.66. The molecule has 132 valence electrons. The minimum atomic E-state index is -0.958. The largest absolute Gasteiger partial charge is 0.495 e. The number of nitrogens with zero attached hydrogens (tertiary/aromatic N) is 1. The lowest BCUT2D eigenvalue weighted by atomic mass is 9.79. The van der Waals surface area contributed by atoms with Gasteiger partial charge in [-0.25, -0.2) is 4.79 Å². The minimum Gasteiger partial charge on any atom is -0.465 e. The van der Waals surface area contributed by atoms with E-state index in [0.29, 0.717) is 5.69 Å². The molecule has 1 heterocycles. The van der Waals surface area contributed by atoms with Gasteiger partial charge in [-0.05, 0) is 65.4 Å². The van der Waals surface area contributed by atoms with Crippen molar-refractivity contribution in [2.45, 2.75) is 63.7 Å². The standard InChI is InChI=1S/C17H26BNO4S/c1-11(2)19(15(20)21)12-8-9-13(14(10-12)24-7)18-22-16(3,4)17(5,6)23-18/h8-11H,1-7H3,(H,20,21). The Morgan fingerprint density at radius 3 is 2.17 bits per heavy atom. The molecule has 7 heteroatoms. The van der Waals surface area contributed by atoms with Crippen LogP contribution in [0.4, 0.5) is 10.5 Å². The first-order chi connectivity index (χ1) is 11.0. The van der Waals surface area contributed by atoms with Crippen LogP contribution in [0.3, 0.4) is 0 Å². The first kappa shape index (κ1) is 19.2. The second-order valence-corrected chi connectivity index (χ2v) is 8.11. The minimum absolute atomic E-state index is 0.139. The summed E-state index contributed by atoms with van der Waals surface area (Å²) in [6.45, 7) is 11.8. The van der Waals surface area contributed by atoms with Gasteiger partial charge in [-0.3, -0.25) is 4.90 Å². The van der Waals surface area contributed by atoms with Gasteiger partial charge < -0.3 is 14.4 Å². The van der Waals surface area contributed by atoms with Crippen LogP contribution in [0.5, 0.6) is 0 Å². The van der Waals surface area contributed by atoms with Gasteiger partial charge in [-0.2, -0.15) is 0 Å². The molecule has 1 amide bonds. The molecule has 5 nitrogen and oxygen atoms in total. The Hall–Kier alpha value is -1.18. The van der Waals surface area contributed by atoms with Gasteiger partial charge in [0.1, 0.15) is 0 Å². The van der Waals surface area contributed by atoms with E-state index in [1.165, 1.54) is 4.90 Å². The van der Waals surface area contributed by atoms with E-state index in [0.717, 1.165) is 10.4 Å². The van der Waals surface area contributed by atoms with Crippen molar-refractivity contribution < 1.29 is 19.2 Å². The molecule has 1 aromatic carbocycles. The Bertz CT molecular complexity index is 617. The van der Waals surface area contributed by atoms with Crippen molar-refractivity contribution in [3.63, 3.8) is 0 Å². The van der Waals surface area contributed by atoms with Gasteiger partial charge >= 0.3 is 13.2 Å². The molecular weight excluding hydrogens is 325 g/mol. The molecule has 2 rings (SSSR count). The van der Waals surface area contributed by atoms with Crippen LogP contribution < -0.4 is 10.4 Å². The summed E-state index contributed by atoms with van der Waals surface area (Å²) in [6.07, 6.45) is 1.01. The molecule has 0 bridgehead atoms. The number of hydrogen-bond donors (Lipinski definition) is 1. The van der Waals surface area contributed by atoms with Gasteiger partial charge in [-0.1, -0.05) is 6.07 Å². The quantitative estimate of drug-likeness (QED) is 0.663. The van der Waals surface area contributed by atoms with Crippen LogP contribution >= 0.6 is 11.8 Å². The predicted octanol–water partition coefficient (Wildman–Crippen LogP) is 3.60. The number of hydrogen-bond acceptors (Lipinski definition) is 4. The second kappa shape index (κ2) is 6.62. The highest BCUT2D eigenvalue weighted by atomic mass is 32.2. The predicted molar refractivity (Wildman–Crippen MR) is 99.6 cm³/mol. The van der Waals surface area contributed by atoms with Crippen LogP contribution in [-0.2, 0) is 9.31 Å². The van der Waals surface area contributed by atoms with Crippen molar-refractivity contribution in [3.8, 4) is 0 Å². The molecule has 0 aliphatic carbocycles. The van der Waals surface area contributed by atoms with Crippen LogP contribution in [0.15, 0.2) is 23.1 Å². The SMILES string of the molecule is CSc1cc(N(C(=O)O)C(C)C)ccc1B1OC(C)(C)C(C)(C)O1. The van der Waals surface area contributed by atoms with Crippen molar-refractivity contribution in [1.82, 2.24) is 0 Å². The van der Waals surface area contributed by atoms with Crippen LogP contribution in [0.25, 0.3) is 0 Å². The molecule has 1 N–H and O–H groups in total. The summed E-state index contributed by atoms with van der Waals surface area (Å²) in [5.74, 6) is 0.